The molecule has 3 rings (SSSR count). The molecule has 1 saturated heterocycles. The van der Waals surface area contributed by atoms with Gasteiger partial charge < -0.3 is 4.74 Å². The van der Waals surface area contributed by atoms with Gasteiger partial charge in [-0.1, -0.05) is 23.7 Å². The zero-order valence-electron chi connectivity index (χ0n) is 14.4. The number of hydrogen-bond acceptors (Lipinski definition) is 6. The number of carbonyl (C=O) groups excluding carboxylic acids is 1. The Bertz CT molecular complexity index is 1040. The number of halogens is 1. The monoisotopic (exact) mass is 442 g/mol. The van der Waals surface area contributed by atoms with Crippen molar-refractivity contribution in [1.29, 1.82) is 0 Å². The molecule has 10 heteroatoms. The zero-order chi connectivity index (χ0) is 19.6. The van der Waals surface area contributed by atoms with E-state index in [0.29, 0.717) is 21.5 Å². The van der Waals surface area contributed by atoms with Gasteiger partial charge in [0.2, 0.25) is 0 Å². The predicted molar refractivity (Wildman–Crippen MR) is 110 cm³/mol. The number of nitrogens with zero attached hydrogens (tertiary/aromatic N) is 2. The number of amides is 1. The van der Waals surface area contributed by atoms with Crippen LogP contribution in [0.2, 0.25) is 4.34 Å². The van der Waals surface area contributed by atoms with E-state index >= 15 is 0 Å². The lowest BCUT2D eigenvalue weighted by atomic mass is 10.2. The first-order valence-electron chi connectivity index (χ1n) is 7.80. The molecule has 0 atom stereocenters. The first-order valence-corrected chi connectivity index (χ1v) is 11.2. The van der Waals surface area contributed by atoms with Crippen molar-refractivity contribution >= 4 is 61.9 Å². The van der Waals surface area contributed by atoms with E-state index in [1.165, 1.54) is 17.0 Å². The normalized spacial score (nSPS) is 17.9. The number of rotatable bonds is 5. The van der Waals surface area contributed by atoms with Crippen LogP contribution in [0.5, 0.6) is 5.75 Å². The molecule has 2 aromatic rings. The third-order valence-corrected chi connectivity index (χ3v) is 7.68. The Labute approximate surface area is 170 Å². The maximum Gasteiger partial charge on any atom is 0.294 e. The molecule has 0 unspecified atom stereocenters. The Balaban J connectivity index is 1.96. The van der Waals surface area contributed by atoms with Gasteiger partial charge in [-0.25, -0.2) is 0 Å². The van der Waals surface area contributed by atoms with Crippen LogP contribution in [-0.2, 0) is 14.8 Å². The number of amidine groups is 1. The lowest BCUT2D eigenvalue weighted by Crippen LogP contribution is -2.29. The van der Waals surface area contributed by atoms with Gasteiger partial charge in [0.25, 0.3) is 15.9 Å². The van der Waals surface area contributed by atoms with Crippen LogP contribution in [0.15, 0.2) is 49.9 Å². The zero-order valence-corrected chi connectivity index (χ0v) is 17.6. The molecule has 2 heterocycles. The van der Waals surface area contributed by atoms with E-state index in [9.17, 15) is 13.2 Å². The second kappa shape index (κ2) is 8.05. The highest BCUT2D eigenvalue weighted by Crippen LogP contribution is 2.35. The second-order valence-corrected chi connectivity index (χ2v) is 9.90. The number of carbonyl (C=O) groups is 1. The smallest absolute Gasteiger partial charge is 0.294 e. The molecule has 1 amide bonds. The molecule has 1 aliphatic heterocycles. The predicted octanol–water partition coefficient (Wildman–Crippen LogP) is 4.09. The Morgan fingerprint density at radius 1 is 1.30 bits per heavy atom. The molecule has 6 nitrogen and oxygen atoms in total. The number of thiophene rings is 1. The molecule has 0 radical (unpaired) electrons. The van der Waals surface area contributed by atoms with Crippen LogP contribution in [-0.4, -0.2) is 38.0 Å². The summed E-state index contributed by atoms with van der Waals surface area (Å²) in [6, 6.07) is 10.1. The van der Waals surface area contributed by atoms with Gasteiger partial charge in [-0.2, -0.15) is 8.42 Å². The summed E-state index contributed by atoms with van der Waals surface area (Å²) in [5, 5.41) is 0.126. The lowest BCUT2D eigenvalue weighted by Gasteiger charge is -2.11. The van der Waals surface area contributed by atoms with Crippen molar-refractivity contribution < 1.29 is 17.9 Å². The maximum absolute atomic E-state index is 12.6. The quantitative estimate of drug-likeness (QED) is 0.652. The van der Waals surface area contributed by atoms with Crippen LogP contribution in [0, 0.1) is 0 Å². The average molecular weight is 443 g/mol. The highest BCUT2D eigenvalue weighted by Gasteiger charge is 2.34. The van der Waals surface area contributed by atoms with Crippen molar-refractivity contribution in [1.82, 2.24) is 4.90 Å². The van der Waals surface area contributed by atoms with Gasteiger partial charge in [0.1, 0.15) is 9.96 Å². The average Bonchev–Trinajstić information content (AvgIpc) is 3.19. The Morgan fingerprint density at radius 3 is 2.70 bits per heavy atom. The summed E-state index contributed by atoms with van der Waals surface area (Å²) in [7, 11) is -2.37. The molecule has 1 aliphatic rings. The van der Waals surface area contributed by atoms with Gasteiger partial charge in [-0.05, 0) is 54.6 Å². The number of sulfonamides is 1. The summed E-state index contributed by atoms with van der Waals surface area (Å²) < 4.78 is 34.4. The van der Waals surface area contributed by atoms with Gasteiger partial charge in [-0.3, -0.25) is 9.69 Å². The first-order chi connectivity index (χ1) is 12.8. The number of benzene rings is 1. The van der Waals surface area contributed by atoms with Crippen molar-refractivity contribution in [3.63, 3.8) is 0 Å². The Morgan fingerprint density at radius 2 is 2.07 bits per heavy atom. The molecule has 0 spiro atoms. The molecule has 1 fully saturated rings. The highest BCUT2D eigenvalue weighted by molar-refractivity contribution is 8.19. The minimum atomic E-state index is -3.94. The number of thioether (sulfide) groups is 1. The fourth-order valence-corrected chi connectivity index (χ4v) is 6.03. The topological polar surface area (TPSA) is 76.0 Å². The Hall–Kier alpha value is -1.81. The van der Waals surface area contributed by atoms with Gasteiger partial charge in [0.15, 0.2) is 5.17 Å². The highest BCUT2D eigenvalue weighted by atomic mass is 35.5. The summed E-state index contributed by atoms with van der Waals surface area (Å²) in [6.07, 6.45) is 1.69. The largest absolute Gasteiger partial charge is 0.497 e. The summed E-state index contributed by atoms with van der Waals surface area (Å²) >= 11 is 7.77. The minimum absolute atomic E-state index is 0.0364. The van der Waals surface area contributed by atoms with Crippen molar-refractivity contribution in [3.05, 3.63) is 51.2 Å². The van der Waals surface area contributed by atoms with Crippen LogP contribution in [0.4, 0.5) is 0 Å². The summed E-state index contributed by atoms with van der Waals surface area (Å²) in [6.45, 7) is 2.07. The molecule has 0 bridgehead atoms. The summed E-state index contributed by atoms with van der Waals surface area (Å²) in [5.41, 5.74) is 0.774. The van der Waals surface area contributed by atoms with E-state index in [2.05, 4.69) is 4.40 Å². The summed E-state index contributed by atoms with van der Waals surface area (Å²) in [5.74, 6) is 0.377. The number of methoxy groups -OCH3 is 1. The van der Waals surface area contributed by atoms with E-state index in [-0.39, 0.29) is 15.3 Å². The molecule has 0 N–H and O–H groups in total. The molecule has 0 saturated carbocycles. The van der Waals surface area contributed by atoms with E-state index in [0.717, 1.165) is 28.7 Å². The standard InChI is InChI=1S/C17H15ClN2O4S3/c1-3-20-16(21)13(10-11-5-4-6-12(9-11)24-2)25-17(20)19-27(22,23)15-8-7-14(18)26-15/h4-10H,3H2,1-2H3/b13-10-,19-17+. The van der Waals surface area contributed by atoms with Crippen LogP contribution < -0.4 is 4.74 Å². The van der Waals surface area contributed by atoms with Crippen LogP contribution in [0.25, 0.3) is 6.08 Å². The molecular formula is C17H15ClN2O4S3. The van der Waals surface area contributed by atoms with Crippen LogP contribution in [0.3, 0.4) is 0 Å². The maximum atomic E-state index is 12.6. The van der Waals surface area contributed by atoms with E-state index in [4.69, 9.17) is 16.3 Å². The van der Waals surface area contributed by atoms with Crippen LogP contribution >= 0.6 is 34.7 Å². The van der Waals surface area contributed by atoms with Crippen molar-refractivity contribution in [2.75, 3.05) is 13.7 Å². The second-order valence-electron chi connectivity index (χ2n) is 5.34. The molecule has 1 aromatic heterocycles. The molecule has 27 heavy (non-hydrogen) atoms. The third kappa shape index (κ3) is 4.37. The SMILES string of the molecule is CCN1C(=O)/C(=C/c2cccc(OC)c2)S/C1=N/S(=O)(=O)c1ccc(Cl)s1. The van der Waals surface area contributed by atoms with Gasteiger partial charge in [-0.15, -0.1) is 15.7 Å². The molecule has 142 valence electrons. The first kappa shape index (κ1) is 19.9. The van der Waals surface area contributed by atoms with Crippen LogP contribution in [0.1, 0.15) is 12.5 Å². The fraction of sp³-hybridized carbons (Fsp3) is 0.176. The van der Waals surface area contributed by atoms with Gasteiger partial charge >= 0.3 is 0 Å². The Kier molecular flexibility index (Phi) is 5.95. The van der Waals surface area contributed by atoms with E-state index < -0.39 is 10.0 Å². The minimum Gasteiger partial charge on any atom is -0.497 e. The van der Waals surface area contributed by atoms with Crippen molar-refractivity contribution in [2.24, 2.45) is 4.40 Å². The van der Waals surface area contributed by atoms with Gasteiger partial charge in [0.05, 0.1) is 16.4 Å². The molecular weight excluding hydrogens is 428 g/mol. The number of ether oxygens (including phenoxy) is 1. The number of likely N-dealkylation sites (N-methyl/N-ethyl adjacent to an activating group) is 1. The van der Waals surface area contributed by atoms with Gasteiger partial charge in [0, 0.05) is 6.54 Å². The molecule has 0 aliphatic carbocycles. The number of hydrogen-bond donors (Lipinski definition) is 0. The fourth-order valence-electron chi connectivity index (χ4n) is 2.32. The lowest BCUT2D eigenvalue weighted by molar-refractivity contribution is -0.122. The third-order valence-electron chi connectivity index (χ3n) is 3.60. The van der Waals surface area contributed by atoms with E-state index in [1.807, 2.05) is 12.1 Å². The van der Waals surface area contributed by atoms with Crippen molar-refractivity contribution in [3.8, 4) is 5.75 Å². The molecule has 1 aromatic carbocycles. The summed E-state index contributed by atoms with van der Waals surface area (Å²) in [4.78, 5) is 14.4. The van der Waals surface area contributed by atoms with Crippen molar-refractivity contribution in [2.45, 2.75) is 11.1 Å². The van der Waals surface area contributed by atoms with E-state index in [1.54, 1.807) is 32.2 Å².